The topological polar surface area (TPSA) is 41.6 Å². The molecule has 2 atom stereocenters. The molecular formula is C16H23ClN2O2. The molecule has 1 saturated heterocycles. The highest BCUT2D eigenvalue weighted by Crippen LogP contribution is 2.28. The van der Waals surface area contributed by atoms with Gasteiger partial charge in [-0.1, -0.05) is 37.1 Å². The molecule has 2 unspecified atom stereocenters. The average Bonchev–Trinajstić information content (AvgIpc) is 2.77. The van der Waals surface area contributed by atoms with Gasteiger partial charge >= 0.3 is 0 Å². The van der Waals surface area contributed by atoms with Gasteiger partial charge in [0.2, 0.25) is 5.91 Å². The Morgan fingerprint density at radius 2 is 2.19 bits per heavy atom. The van der Waals surface area contributed by atoms with Gasteiger partial charge in [0.05, 0.1) is 12.6 Å². The van der Waals surface area contributed by atoms with Crippen LogP contribution < -0.4 is 5.32 Å². The number of benzene rings is 1. The molecule has 0 bridgehead atoms. The van der Waals surface area contributed by atoms with Gasteiger partial charge in [-0.15, -0.1) is 0 Å². The molecule has 5 heteroatoms. The van der Waals surface area contributed by atoms with E-state index in [1.165, 1.54) is 0 Å². The van der Waals surface area contributed by atoms with Crippen molar-refractivity contribution in [2.75, 3.05) is 19.8 Å². The lowest BCUT2D eigenvalue weighted by Crippen LogP contribution is -2.34. The number of nitrogens with zero attached hydrogens (tertiary/aromatic N) is 1. The molecule has 1 aromatic carbocycles. The number of carbonyl (C=O) groups is 1. The molecule has 0 saturated carbocycles. The van der Waals surface area contributed by atoms with Crippen LogP contribution in [0.3, 0.4) is 0 Å². The number of carbonyl (C=O) groups excluding carboxylic acids is 1. The fourth-order valence-electron chi connectivity index (χ4n) is 2.67. The van der Waals surface area contributed by atoms with E-state index >= 15 is 0 Å². The van der Waals surface area contributed by atoms with Gasteiger partial charge in [-0.05, 0) is 31.0 Å². The first-order chi connectivity index (χ1) is 10.2. The Morgan fingerprint density at radius 1 is 1.38 bits per heavy atom. The number of hydrogen-bond donors (Lipinski definition) is 1. The first kappa shape index (κ1) is 16.3. The first-order valence-electron chi connectivity index (χ1n) is 7.57. The van der Waals surface area contributed by atoms with Crippen LogP contribution in [0.1, 0.15) is 38.4 Å². The van der Waals surface area contributed by atoms with E-state index in [2.05, 4.69) is 12.2 Å². The Kier molecular flexibility index (Phi) is 6.03. The van der Waals surface area contributed by atoms with E-state index in [0.717, 1.165) is 18.4 Å². The third-order valence-corrected chi connectivity index (χ3v) is 3.91. The zero-order valence-electron chi connectivity index (χ0n) is 12.6. The maximum Gasteiger partial charge on any atom is 0.241 e. The van der Waals surface area contributed by atoms with E-state index in [9.17, 15) is 4.79 Å². The lowest BCUT2D eigenvalue weighted by atomic mass is 10.1. The van der Waals surface area contributed by atoms with Crippen LogP contribution in [-0.4, -0.2) is 36.6 Å². The summed E-state index contributed by atoms with van der Waals surface area (Å²) in [5, 5.41) is 4.11. The number of ether oxygens (including phenoxy) is 1. The minimum absolute atomic E-state index is 0.111. The zero-order chi connectivity index (χ0) is 15.2. The third-order valence-electron chi connectivity index (χ3n) is 3.67. The fraction of sp³-hybridized carbons (Fsp3) is 0.562. The van der Waals surface area contributed by atoms with Crippen molar-refractivity contribution in [1.82, 2.24) is 10.2 Å². The molecule has 0 aromatic heterocycles. The second kappa shape index (κ2) is 7.78. The van der Waals surface area contributed by atoms with E-state index in [1.54, 1.807) is 0 Å². The summed E-state index contributed by atoms with van der Waals surface area (Å²) in [6.07, 6.45) is 1.71. The van der Waals surface area contributed by atoms with E-state index in [0.29, 0.717) is 24.8 Å². The normalized spacial score (nSPS) is 22.0. The number of rotatable bonds is 7. The Morgan fingerprint density at radius 3 is 2.86 bits per heavy atom. The largest absolute Gasteiger partial charge is 0.380 e. The van der Waals surface area contributed by atoms with Crippen LogP contribution in [0.5, 0.6) is 0 Å². The van der Waals surface area contributed by atoms with Crippen LogP contribution in [0.2, 0.25) is 5.02 Å². The van der Waals surface area contributed by atoms with Crippen molar-refractivity contribution in [2.24, 2.45) is 0 Å². The second-order valence-corrected chi connectivity index (χ2v) is 5.63. The molecule has 1 fully saturated rings. The standard InChI is InChI=1S/C16H23ClN2O2/c1-3-6-14-16(20)19(9-10-21-4-2)15(18-14)12-7-5-8-13(17)11-12/h5,7-8,11,14-15,18H,3-4,6,9-10H2,1-2H3. The Hall–Kier alpha value is -1.10. The van der Waals surface area contributed by atoms with Gasteiger partial charge in [-0.25, -0.2) is 0 Å². The summed E-state index contributed by atoms with van der Waals surface area (Å²) < 4.78 is 5.40. The third kappa shape index (κ3) is 3.96. The SMILES string of the molecule is CCCC1NC(c2cccc(Cl)c2)N(CCOCC)C1=O. The van der Waals surface area contributed by atoms with Gasteiger partial charge in [-0.2, -0.15) is 0 Å². The lowest BCUT2D eigenvalue weighted by molar-refractivity contribution is -0.131. The highest BCUT2D eigenvalue weighted by Gasteiger charge is 2.38. The van der Waals surface area contributed by atoms with E-state index in [4.69, 9.17) is 16.3 Å². The van der Waals surface area contributed by atoms with Gasteiger partial charge in [-0.3, -0.25) is 10.1 Å². The lowest BCUT2D eigenvalue weighted by Gasteiger charge is -2.24. The molecule has 4 nitrogen and oxygen atoms in total. The van der Waals surface area contributed by atoms with Crippen molar-refractivity contribution < 1.29 is 9.53 Å². The van der Waals surface area contributed by atoms with E-state index in [-0.39, 0.29) is 18.1 Å². The molecule has 1 amide bonds. The minimum atomic E-state index is -0.117. The molecule has 1 heterocycles. The molecule has 0 spiro atoms. The molecule has 0 radical (unpaired) electrons. The number of hydrogen-bond acceptors (Lipinski definition) is 3. The minimum Gasteiger partial charge on any atom is -0.380 e. The molecule has 116 valence electrons. The van der Waals surface area contributed by atoms with Crippen molar-refractivity contribution in [1.29, 1.82) is 0 Å². The van der Waals surface area contributed by atoms with Gasteiger partial charge in [0.15, 0.2) is 0 Å². The average molecular weight is 311 g/mol. The smallest absolute Gasteiger partial charge is 0.241 e. The molecule has 2 rings (SSSR count). The Labute approximate surface area is 131 Å². The van der Waals surface area contributed by atoms with Crippen LogP contribution in [-0.2, 0) is 9.53 Å². The second-order valence-electron chi connectivity index (χ2n) is 5.19. The molecular weight excluding hydrogens is 288 g/mol. The van der Waals surface area contributed by atoms with Crippen molar-refractivity contribution in [3.05, 3.63) is 34.9 Å². The molecule has 1 aliphatic rings. The van der Waals surface area contributed by atoms with Crippen LogP contribution in [0.25, 0.3) is 0 Å². The molecule has 1 aliphatic heterocycles. The molecule has 0 aliphatic carbocycles. The summed E-state index contributed by atoms with van der Waals surface area (Å²) in [6.45, 7) is 5.86. The van der Waals surface area contributed by atoms with Gasteiger partial charge in [0, 0.05) is 18.2 Å². The summed E-state index contributed by atoms with van der Waals surface area (Å²) in [4.78, 5) is 14.4. The number of amides is 1. The maximum absolute atomic E-state index is 12.5. The van der Waals surface area contributed by atoms with Crippen LogP contribution in [0.15, 0.2) is 24.3 Å². The summed E-state index contributed by atoms with van der Waals surface area (Å²) in [5.41, 5.74) is 1.02. The predicted octanol–water partition coefficient (Wildman–Crippen LogP) is 2.98. The Bertz CT molecular complexity index is 481. The van der Waals surface area contributed by atoms with Crippen LogP contribution in [0, 0.1) is 0 Å². The Balaban J connectivity index is 2.16. The highest BCUT2D eigenvalue weighted by atomic mass is 35.5. The van der Waals surface area contributed by atoms with E-state index < -0.39 is 0 Å². The van der Waals surface area contributed by atoms with Gasteiger partial charge < -0.3 is 9.64 Å². The molecule has 1 N–H and O–H groups in total. The van der Waals surface area contributed by atoms with Crippen molar-refractivity contribution in [3.8, 4) is 0 Å². The van der Waals surface area contributed by atoms with Crippen LogP contribution in [0.4, 0.5) is 0 Å². The van der Waals surface area contributed by atoms with Crippen molar-refractivity contribution >= 4 is 17.5 Å². The summed E-state index contributed by atoms with van der Waals surface area (Å²) >= 11 is 6.08. The zero-order valence-corrected chi connectivity index (χ0v) is 13.4. The summed E-state index contributed by atoms with van der Waals surface area (Å²) in [7, 11) is 0. The highest BCUT2D eigenvalue weighted by molar-refractivity contribution is 6.30. The molecule has 21 heavy (non-hydrogen) atoms. The summed E-state index contributed by atoms with van der Waals surface area (Å²) in [6, 6.07) is 7.56. The van der Waals surface area contributed by atoms with Crippen molar-refractivity contribution in [3.63, 3.8) is 0 Å². The van der Waals surface area contributed by atoms with E-state index in [1.807, 2.05) is 36.1 Å². The first-order valence-corrected chi connectivity index (χ1v) is 7.94. The van der Waals surface area contributed by atoms with Gasteiger partial charge in [0.25, 0.3) is 0 Å². The number of nitrogens with one attached hydrogen (secondary N) is 1. The quantitative estimate of drug-likeness (QED) is 0.787. The summed E-state index contributed by atoms with van der Waals surface area (Å²) in [5.74, 6) is 0.154. The maximum atomic E-state index is 12.5. The molecule has 1 aromatic rings. The predicted molar refractivity (Wildman–Crippen MR) is 84.2 cm³/mol. The van der Waals surface area contributed by atoms with Gasteiger partial charge in [0.1, 0.15) is 6.17 Å². The van der Waals surface area contributed by atoms with Crippen molar-refractivity contribution in [2.45, 2.75) is 38.9 Å². The van der Waals surface area contributed by atoms with Crippen LogP contribution >= 0.6 is 11.6 Å². The monoisotopic (exact) mass is 310 g/mol. The fourth-order valence-corrected chi connectivity index (χ4v) is 2.87. The number of halogens is 1.